The summed E-state index contributed by atoms with van der Waals surface area (Å²) in [6.45, 7) is 9.60. The first-order valence-corrected chi connectivity index (χ1v) is 7.42. The first-order valence-electron chi connectivity index (χ1n) is 6.19. The van der Waals surface area contributed by atoms with Crippen LogP contribution < -0.4 is 5.32 Å². The van der Waals surface area contributed by atoms with Crippen molar-refractivity contribution in [3.63, 3.8) is 0 Å². The topological polar surface area (TPSA) is 12.0 Å². The molecule has 5 unspecified atom stereocenters. The predicted octanol–water partition coefficient (Wildman–Crippen LogP) is 3.01. The van der Waals surface area contributed by atoms with Gasteiger partial charge in [0.25, 0.3) is 0 Å². The average Bonchev–Trinajstić information content (AvgIpc) is 3.02. The van der Waals surface area contributed by atoms with Gasteiger partial charge in [-0.15, -0.1) is 0 Å². The lowest BCUT2D eigenvalue weighted by Crippen LogP contribution is -2.34. The maximum Gasteiger partial charge on any atom is 0.0418 e. The molecule has 0 aromatic rings. The van der Waals surface area contributed by atoms with Gasteiger partial charge in [-0.2, -0.15) is 11.8 Å². The third-order valence-corrected chi connectivity index (χ3v) is 6.65. The summed E-state index contributed by atoms with van der Waals surface area (Å²) < 4.78 is 0.523. The standard InChI is InChI=1S/C13H25NS/c1-8(2)11-12(4,14-5)13(11,15-6)10-7-9(10)3/h8-11,14H,7H2,1-6H3. The first kappa shape index (κ1) is 11.8. The maximum atomic E-state index is 3.61. The van der Waals surface area contributed by atoms with Crippen molar-refractivity contribution in [1.82, 2.24) is 5.32 Å². The summed E-state index contributed by atoms with van der Waals surface area (Å²) in [5.74, 6) is 3.55. The Hall–Kier alpha value is 0.310. The van der Waals surface area contributed by atoms with Gasteiger partial charge in [0, 0.05) is 10.3 Å². The van der Waals surface area contributed by atoms with Gasteiger partial charge in [0.05, 0.1) is 0 Å². The summed E-state index contributed by atoms with van der Waals surface area (Å²) in [6, 6.07) is 0. The highest BCUT2D eigenvalue weighted by molar-refractivity contribution is 8.00. The molecule has 0 aromatic carbocycles. The third kappa shape index (κ3) is 1.27. The Morgan fingerprint density at radius 1 is 1.40 bits per heavy atom. The van der Waals surface area contributed by atoms with Crippen LogP contribution in [0.2, 0.25) is 0 Å². The molecule has 2 fully saturated rings. The summed E-state index contributed by atoms with van der Waals surface area (Å²) in [4.78, 5) is 0. The molecule has 15 heavy (non-hydrogen) atoms. The number of thioether (sulfide) groups is 1. The molecule has 1 nitrogen and oxygen atoms in total. The second-order valence-corrected chi connectivity index (χ2v) is 7.07. The van der Waals surface area contributed by atoms with E-state index in [9.17, 15) is 0 Å². The Labute approximate surface area is 98.8 Å². The number of rotatable bonds is 4. The Bertz CT molecular complexity index is 265. The van der Waals surface area contributed by atoms with Crippen LogP contribution >= 0.6 is 11.8 Å². The second-order valence-electron chi connectivity index (χ2n) is 5.99. The number of hydrogen-bond acceptors (Lipinski definition) is 2. The Kier molecular flexibility index (Phi) is 2.67. The highest BCUT2D eigenvalue weighted by Crippen LogP contribution is 2.74. The Morgan fingerprint density at radius 2 is 1.93 bits per heavy atom. The molecule has 0 spiro atoms. The monoisotopic (exact) mass is 227 g/mol. The Balaban J connectivity index is 2.26. The molecule has 0 aliphatic heterocycles. The predicted molar refractivity (Wildman–Crippen MR) is 69.3 cm³/mol. The van der Waals surface area contributed by atoms with Crippen LogP contribution in [0, 0.1) is 23.7 Å². The zero-order chi connectivity index (χ0) is 11.4. The van der Waals surface area contributed by atoms with Gasteiger partial charge in [0.15, 0.2) is 0 Å². The molecule has 2 heteroatoms. The minimum absolute atomic E-state index is 0.371. The lowest BCUT2D eigenvalue weighted by Gasteiger charge is -2.20. The average molecular weight is 227 g/mol. The minimum Gasteiger partial charge on any atom is -0.313 e. The van der Waals surface area contributed by atoms with Crippen LogP contribution in [0.5, 0.6) is 0 Å². The van der Waals surface area contributed by atoms with Crippen molar-refractivity contribution in [2.45, 2.75) is 44.4 Å². The summed E-state index contributed by atoms with van der Waals surface area (Å²) in [6.07, 6.45) is 3.75. The normalized spacial score (nSPS) is 53.4. The van der Waals surface area contributed by atoms with Crippen molar-refractivity contribution < 1.29 is 0 Å². The fourth-order valence-corrected chi connectivity index (χ4v) is 6.17. The summed E-state index contributed by atoms with van der Waals surface area (Å²) in [5, 5.41) is 3.61. The Morgan fingerprint density at radius 3 is 2.13 bits per heavy atom. The zero-order valence-electron chi connectivity index (χ0n) is 10.9. The first-order chi connectivity index (χ1) is 6.95. The summed E-state index contributed by atoms with van der Waals surface area (Å²) in [5.41, 5.74) is 0.371. The molecule has 2 rings (SSSR count). The van der Waals surface area contributed by atoms with Crippen molar-refractivity contribution in [3.05, 3.63) is 0 Å². The molecule has 0 heterocycles. The van der Waals surface area contributed by atoms with Crippen LogP contribution in [0.3, 0.4) is 0 Å². The van der Waals surface area contributed by atoms with Gasteiger partial charge >= 0.3 is 0 Å². The van der Waals surface area contributed by atoms with E-state index in [0.717, 1.165) is 23.7 Å². The molecule has 0 saturated heterocycles. The van der Waals surface area contributed by atoms with Gasteiger partial charge in [-0.1, -0.05) is 20.8 Å². The smallest absolute Gasteiger partial charge is 0.0418 e. The quantitative estimate of drug-likeness (QED) is 0.792. The number of hydrogen-bond donors (Lipinski definition) is 1. The lowest BCUT2D eigenvalue weighted by molar-refractivity contribution is 0.453. The van der Waals surface area contributed by atoms with Crippen LogP contribution in [-0.4, -0.2) is 23.6 Å². The molecule has 88 valence electrons. The van der Waals surface area contributed by atoms with Crippen molar-refractivity contribution in [2.24, 2.45) is 23.7 Å². The SMILES string of the molecule is CNC1(C)C(C(C)C)C1(SC)C1CC1C. The maximum absolute atomic E-state index is 3.61. The van der Waals surface area contributed by atoms with Crippen LogP contribution in [0.1, 0.15) is 34.1 Å². The molecular formula is C13H25NS. The molecule has 0 bridgehead atoms. The van der Waals surface area contributed by atoms with Crippen molar-refractivity contribution in [3.8, 4) is 0 Å². The van der Waals surface area contributed by atoms with Crippen molar-refractivity contribution in [1.29, 1.82) is 0 Å². The van der Waals surface area contributed by atoms with Crippen LogP contribution in [0.25, 0.3) is 0 Å². The van der Waals surface area contributed by atoms with E-state index in [2.05, 4.69) is 58.1 Å². The molecule has 0 radical (unpaired) electrons. The molecule has 5 atom stereocenters. The highest BCUT2D eigenvalue weighted by Gasteiger charge is 2.79. The van der Waals surface area contributed by atoms with Gasteiger partial charge in [-0.3, -0.25) is 0 Å². The third-order valence-electron chi connectivity index (χ3n) is 5.00. The van der Waals surface area contributed by atoms with Crippen LogP contribution in [-0.2, 0) is 0 Å². The van der Waals surface area contributed by atoms with Gasteiger partial charge < -0.3 is 5.32 Å². The van der Waals surface area contributed by atoms with E-state index in [0.29, 0.717) is 10.3 Å². The van der Waals surface area contributed by atoms with E-state index in [1.165, 1.54) is 6.42 Å². The van der Waals surface area contributed by atoms with Crippen LogP contribution in [0.4, 0.5) is 0 Å². The van der Waals surface area contributed by atoms with E-state index >= 15 is 0 Å². The highest BCUT2D eigenvalue weighted by atomic mass is 32.2. The lowest BCUT2D eigenvalue weighted by atomic mass is 10.0. The number of nitrogens with one attached hydrogen (secondary N) is 1. The summed E-state index contributed by atoms with van der Waals surface area (Å²) >= 11 is 2.12. The van der Waals surface area contributed by atoms with E-state index in [4.69, 9.17) is 0 Å². The summed E-state index contributed by atoms with van der Waals surface area (Å²) in [7, 11) is 2.14. The molecule has 0 amide bonds. The largest absolute Gasteiger partial charge is 0.313 e. The van der Waals surface area contributed by atoms with Gasteiger partial charge in [-0.05, 0) is 50.3 Å². The van der Waals surface area contributed by atoms with Crippen molar-refractivity contribution >= 4 is 11.8 Å². The molecule has 2 aliphatic carbocycles. The van der Waals surface area contributed by atoms with E-state index in [1.807, 2.05) is 0 Å². The van der Waals surface area contributed by atoms with E-state index in [-0.39, 0.29) is 0 Å². The fourth-order valence-electron chi connectivity index (χ4n) is 4.19. The van der Waals surface area contributed by atoms with Gasteiger partial charge in [0.1, 0.15) is 0 Å². The van der Waals surface area contributed by atoms with E-state index < -0.39 is 0 Å². The molecule has 2 aliphatic rings. The molecule has 1 N–H and O–H groups in total. The molecule has 2 saturated carbocycles. The molecular weight excluding hydrogens is 202 g/mol. The minimum atomic E-state index is 0.371. The zero-order valence-corrected chi connectivity index (χ0v) is 11.7. The second kappa shape index (κ2) is 3.40. The van der Waals surface area contributed by atoms with Gasteiger partial charge in [-0.25, -0.2) is 0 Å². The van der Waals surface area contributed by atoms with Crippen LogP contribution in [0.15, 0.2) is 0 Å². The van der Waals surface area contributed by atoms with Gasteiger partial charge in [0.2, 0.25) is 0 Å². The molecule has 0 aromatic heterocycles. The van der Waals surface area contributed by atoms with E-state index in [1.54, 1.807) is 0 Å². The fraction of sp³-hybridized carbons (Fsp3) is 1.00. The van der Waals surface area contributed by atoms with Crippen molar-refractivity contribution in [2.75, 3.05) is 13.3 Å².